The second-order valence-corrected chi connectivity index (χ2v) is 17.0. The molecule has 20 heteroatoms. The molecule has 0 amide bonds. The molecule has 0 aliphatic heterocycles. The summed E-state index contributed by atoms with van der Waals surface area (Å²) in [5.41, 5.74) is -4.22. The molecule has 0 fully saturated rings. The molecule has 360 valence electrons. The lowest BCUT2D eigenvalue weighted by atomic mass is 9.86. The van der Waals surface area contributed by atoms with Crippen LogP contribution in [0.1, 0.15) is 74.7 Å². The van der Waals surface area contributed by atoms with Crippen LogP contribution in [-0.2, 0) is 76.3 Å². The summed E-state index contributed by atoms with van der Waals surface area (Å²) >= 11 is 0. The van der Waals surface area contributed by atoms with Gasteiger partial charge in [-0.25, -0.2) is 24.0 Å². The molecule has 4 atom stereocenters. The predicted molar refractivity (Wildman–Crippen MR) is 224 cm³/mol. The number of esters is 8. The Kier molecular flexibility index (Phi) is 24.4. The van der Waals surface area contributed by atoms with Gasteiger partial charge in [0.25, 0.3) is 0 Å². The third-order valence-corrected chi connectivity index (χ3v) is 8.44. The molecular formula is C44H64O20. The molecule has 0 aromatic heterocycles. The number of hydrogen-bond donors (Lipinski definition) is 4. The first-order chi connectivity index (χ1) is 29.3. The minimum absolute atomic E-state index is 0.120. The van der Waals surface area contributed by atoms with Crippen LogP contribution in [0.4, 0.5) is 0 Å². The lowest BCUT2D eigenvalue weighted by molar-refractivity contribution is -0.160. The monoisotopic (exact) mass is 912 g/mol. The first-order valence-electron chi connectivity index (χ1n) is 19.8. The third kappa shape index (κ3) is 22.6. The lowest BCUT2D eigenvalue weighted by Gasteiger charge is -2.25. The average molecular weight is 913 g/mol. The molecule has 20 nitrogen and oxygen atoms in total. The molecule has 0 saturated carbocycles. The maximum Gasteiger partial charge on any atom is 0.333 e. The van der Waals surface area contributed by atoms with Gasteiger partial charge in [-0.05, 0) is 74.7 Å². The van der Waals surface area contributed by atoms with Gasteiger partial charge < -0.3 is 58.3 Å². The highest BCUT2D eigenvalue weighted by atomic mass is 16.6. The molecule has 0 rings (SSSR count). The summed E-state index contributed by atoms with van der Waals surface area (Å²) < 4.78 is 40.0. The number of ether oxygens (including phenoxy) is 8. The summed E-state index contributed by atoms with van der Waals surface area (Å²) in [5, 5.41) is 40.4. The van der Waals surface area contributed by atoms with Crippen molar-refractivity contribution in [2.24, 2.45) is 16.2 Å². The van der Waals surface area contributed by atoms with Crippen molar-refractivity contribution in [2.75, 3.05) is 52.9 Å². The molecule has 0 heterocycles. The van der Waals surface area contributed by atoms with E-state index in [0.717, 1.165) is 0 Å². The van der Waals surface area contributed by atoms with Gasteiger partial charge in [0.2, 0.25) is 0 Å². The van der Waals surface area contributed by atoms with Gasteiger partial charge in [0.05, 0.1) is 16.2 Å². The van der Waals surface area contributed by atoms with Crippen LogP contribution in [0, 0.1) is 16.2 Å². The van der Waals surface area contributed by atoms with Crippen LogP contribution in [0.2, 0.25) is 0 Å². The fourth-order valence-electron chi connectivity index (χ4n) is 4.74. The van der Waals surface area contributed by atoms with E-state index in [2.05, 4.69) is 32.9 Å². The van der Waals surface area contributed by atoms with Gasteiger partial charge in [-0.15, -0.1) is 0 Å². The van der Waals surface area contributed by atoms with E-state index in [-0.39, 0.29) is 47.1 Å². The van der Waals surface area contributed by atoms with E-state index in [9.17, 15) is 58.8 Å². The fraction of sp³-hybridized carbons (Fsp3) is 0.591. The summed E-state index contributed by atoms with van der Waals surface area (Å²) in [6.07, 6.45) is -6.31. The second-order valence-electron chi connectivity index (χ2n) is 17.0. The minimum Gasteiger partial charge on any atom is -0.462 e. The normalized spacial score (nSPS) is 13.3. The second kappa shape index (κ2) is 26.8. The zero-order valence-electron chi connectivity index (χ0n) is 37.9. The van der Waals surface area contributed by atoms with Gasteiger partial charge in [0.1, 0.15) is 77.3 Å². The Labute approximate surface area is 372 Å². The summed E-state index contributed by atoms with van der Waals surface area (Å²) in [6, 6.07) is 0. The number of hydrogen-bond acceptors (Lipinski definition) is 20. The van der Waals surface area contributed by atoms with Gasteiger partial charge in [0.15, 0.2) is 0 Å². The standard InChI is InChI=1S/C44H64O20/c1-25(2)34(49)57-17-30(45)19-59-36(51)27(5)14-43(10,11)40(55)63-23-32(47)21-61-38(53)29(7)16-44(12,13)41(56)64-24-33(48)20-60-37(52)28(6)15-42(8,9)39(54)62-22-31(46)18-58-35(50)26(3)4/h30-33,45-48H,1,3,5-7,14-24H2,2,4,8-13H3. The Morgan fingerprint density at radius 1 is 0.359 bits per heavy atom. The van der Waals surface area contributed by atoms with Gasteiger partial charge >= 0.3 is 47.8 Å². The van der Waals surface area contributed by atoms with E-state index >= 15 is 0 Å². The zero-order valence-corrected chi connectivity index (χ0v) is 37.9. The van der Waals surface area contributed by atoms with Crippen LogP contribution < -0.4 is 0 Å². The first kappa shape index (κ1) is 58.3. The number of rotatable bonds is 30. The van der Waals surface area contributed by atoms with E-state index < -0.39 is 141 Å². The highest BCUT2D eigenvalue weighted by Crippen LogP contribution is 2.29. The van der Waals surface area contributed by atoms with Crippen molar-refractivity contribution in [3.8, 4) is 0 Å². The van der Waals surface area contributed by atoms with Crippen LogP contribution in [0.3, 0.4) is 0 Å². The van der Waals surface area contributed by atoms with Gasteiger partial charge in [-0.3, -0.25) is 14.4 Å². The number of carbonyl (C=O) groups excluding carboxylic acids is 8. The lowest BCUT2D eigenvalue weighted by Crippen LogP contribution is -2.34. The minimum atomic E-state index is -1.48. The van der Waals surface area contributed by atoms with Gasteiger partial charge in [-0.1, -0.05) is 32.9 Å². The Morgan fingerprint density at radius 2 is 0.531 bits per heavy atom. The highest BCUT2D eigenvalue weighted by Gasteiger charge is 2.36. The van der Waals surface area contributed by atoms with Crippen LogP contribution in [0.15, 0.2) is 60.8 Å². The van der Waals surface area contributed by atoms with E-state index in [4.69, 9.17) is 37.9 Å². The molecule has 64 heavy (non-hydrogen) atoms. The molecule has 0 radical (unpaired) electrons. The summed E-state index contributed by atoms with van der Waals surface area (Å²) in [6.45, 7) is 24.8. The smallest absolute Gasteiger partial charge is 0.333 e. The fourth-order valence-corrected chi connectivity index (χ4v) is 4.74. The summed E-state index contributed by atoms with van der Waals surface area (Å²) in [7, 11) is 0. The van der Waals surface area contributed by atoms with Crippen molar-refractivity contribution < 1.29 is 96.7 Å². The molecule has 0 aromatic rings. The van der Waals surface area contributed by atoms with E-state index in [1.54, 1.807) is 0 Å². The van der Waals surface area contributed by atoms with Crippen LogP contribution in [0.25, 0.3) is 0 Å². The van der Waals surface area contributed by atoms with Crippen LogP contribution in [0.5, 0.6) is 0 Å². The van der Waals surface area contributed by atoms with E-state index in [1.165, 1.54) is 55.4 Å². The van der Waals surface area contributed by atoms with E-state index in [1.807, 2.05) is 0 Å². The largest absolute Gasteiger partial charge is 0.462 e. The van der Waals surface area contributed by atoms with Crippen molar-refractivity contribution in [2.45, 2.75) is 99.1 Å². The molecule has 0 saturated heterocycles. The molecule has 4 unspecified atom stereocenters. The molecule has 0 bridgehead atoms. The zero-order chi connectivity index (χ0) is 49.7. The summed E-state index contributed by atoms with van der Waals surface area (Å²) in [4.78, 5) is 98.5. The molecule has 0 aliphatic carbocycles. The SMILES string of the molecule is C=C(C)C(=O)OCC(O)COC(=O)C(=C)CC(C)(C)C(=O)OCC(O)COC(=O)C(=C)CC(C)(C)C(=O)OCC(O)COC(=O)C(=C)CC(C)(C)C(=O)OCC(O)COC(=O)C(=C)C. The van der Waals surface area contributed by atoms with Crippen LogP contribution in [-0.4, -0.2) is 145 Å². The number of aliphatic hydroxyl groups excluding tert-OH is 4. The number of aliphatic hydroxyl groups is 4. The Balaban J connectivity index is 4.73. The molecule has 0 aliphatic rings. The molecule has 0 spiro atoms. The van der Waals surface area contributed by atoms with Crippen molar-refractivity contribution in [1.29, 1.82) is 0 Å². The van der Waals surface area contributed by atoms with Crippen molar-refractivity contribution >= 4 is 47.8 Å². The highest BCUT2D eigenvalue weighted by molar-refractivity contribution is 5.91. The first-order valence-corrected chi connectivity index (χ1v) is 19.8. The maximum absolute atomic E-state index is 12.8. The molecular weight excluding hydrogens is 848 g/mol. The quantitative estimate of drug-likeness (QED) is 0.0454. The van der Waals surface area contributed by atoms with Crippen LogP contribution >= 0.6 is 0 Å². The number of carbonyl (C=O) groups is 8. The van der Waals surface area contributed by atoms with Gasteiger partial charge in [0, 0.05) is 27.9 Å². The van der Waals surface area contributed by atoms with E-state index in [0.29, 0.717) is 0 Å². The van der Waals surface area contributed by atoms with Crippen molar-refractivity contribution in [3.63, 3.8) is 0 Å². The third-order valence-electron chi connectivity index (χ3n) is 8.44. The Hall–Kier alpha value is -5.70. The maximum atomic E-state index is 12.8. The summed E-state index contributed by atoms with van der Waals surface area (Å²) in [5.74, 6) is -6.81. The molecule has 4 N–H and O–H groups in total. The van der Waals surface area contributed by atoms with Gasteiger partial charge in [-0.2, -0.15) is 0 Å². The molecule has 0 aromatic carbocycles. The average Bonchev–Trinajstić information content (AvgIpc) is 3.20. The topological polar surface area (TPSA) is 291 Å². The van der Waals surface area contributed by atoms with Crippen molar-refractivity contribution in [3.05, 3.63) is 60.8 Å². The van der Waals surface area contributed by atoms with Crippen molar-refractivity contribution in [1.82, 2.24) is 0 Å². The Bertz CT molecular complexity index is 1770. The predicted octanol–water partition coefficient (Wildman–Crippen LogP) is 1.85. The Morgan fingerprint density at radius 3 is 0.719 bits per heavy atom.